The molecule has 0 saturated heterocycles. The van der Waals surface area contributed by atoms with Crippen LogP contribution in [-0.4, -0.2) is 66.0 Å². The Balaban J connectivity index is 1.47. The Morgan fingerprint density at radius 3 is 2.31 bits per heavy atom. The van der Waals surface area contributed by atoms with Gasteiger partial charge >= 0.3 is 12.0 Å². The number of hydrogen-bond donors (Lipinski definition) is 2. The van der Waals surface area contributed by atoms with Crippen molar-refractivity contribution in [3.05, 3.63) is 95.7 Å². The highest BCUT2D eigenvalue weighted by atomic mass is 16.5. The highest BCUT2D eigenvalue weighted by Crippen LogP contribution is 2.20. The summed E-state index contributed by atoms with van der Waals surface area (Å²) in [5, 5.41) is 3.99. The molecular weight excluding hydrogens is 532 g/mol. The number of H-pyrrole nitrogens is 1. The number of anilines is 1. The number of ether oxygens (including phenoxy) is 2. The highest BCUT2D eigenvalue weighted by Gasteiger charge is 2.22. The smallest absolute Gasteiger partial charge is 0.338 e. The number of urea groups is 1. The molecule has 0 atom stereocenters. The van der Waals surface area contributed by atoms with Crippen molar-refractivity contribution in [1.82, 2.24) is 14.8 Å². The Morgan fingerprint density at radius 1 is 0.881 bits per heavy atom. The standard InChI is InChI=1S/C33H38N4O5/c1-4-19-37(33(40)35-27-14-12-25(13-15-27)32(39)42-5-2)23-31(38)36(22-24-10-16-28(41-3)17-11-24)20-18-26-21-34-30-9-7-6-8-29(26)30/h6-17,21,34H,4-5,18-20,22-23H2,1-3H3,(H,35,40). The first-order chi connectivity index (χ1) is 20.4. The van der Waals surface area contributed by atoms with E-state index in [4.69, 9.17) is 9.47 Å². The van der Waals surface area contributed by atoms with Crippen LogP contribution in [0.4, 0.5) is 10.5 Å². The van der Waals surface area contributed by atoms with Gasteiger partial charge in [-0.05, 0) is 73.4 Å². The minimum absolute atomic E-state index is 0.0649. The summed E-state index contributed by atoms with van der Waals surface area (Å²) in [6.07, 6.45) is 3.35. The van der Waals surface area contributed by atoms with E-state index >= 15 is 0 Å². The van der Waals surface area contributed by atoms with E-state index < -0.39 is 5.97 Å². The number of carbonyl (C=O) groups is 3. The number of nitrogens with one attached hydrogen (secondary N) is 2. The predicted octanol–water partition coefficient (Wildman–Crippen LogP) is 5.87. The Hall–Kier alpha value is -4.79. The number of para-hydroxylation sites is 1. The van der Waals surface area contributed by atoms with Gasteiger partial charge in [-0.25, -0.2) is 9.59 Å². The largest absolute Gasteiger partial charge is 0.497 e. The molecule has 1 heterocycles. The van der Waals surface area contributed by atoms with Crippen LogP contribution >= 0.6 is 0 Å². The average molecular weight is 571 g/mol. The number of esters is 1. The highest BCUT2D eigenvalue weighted by molar-refractivity contribution is 5.94. The van der Waals surface area contributed by atoms with Gasteiger partial charge in [-0.1, -0.05) is 37.3 Å². The van der Waals surface area contributed by atoms with Crippen LogP contribution in [0.3, 0.4) is 0 Å². The predicted molar refractivity (Wildman–Crippen MR) is 164 cm³/mol. The molecule has 2 N–H and O–H groups in total. The molecule has 1 aromatic heterocycles. The van der Waals surface area contributed by atoms with Crippen molar-refractivity contribution in [1.29, 1.82) is 0 Å². The summed E-state index contributed by atoms with van der Waals surface area (Å²) < 4.78 is 10.3. The minimum Gasteiger partial charge on any atom is -0.497 e. The third kappa shape index (κ3) is 7.90. The molecule has 4 rings (SSSR count). The fourth-order valence-corrected chi connectivity index (χ4v) is 4.73. The number of aromatic amines is 1. The van der Waals surface area contributed by atoms with Gasteiger partial charge < -0.3 is 29.6 Å². The maximum Gasteiger partial charge on any atom is 0.338 e. The zero-order valence-corrected chi connectivity index (χ0v) is 24.4. The van der Waals surface area contributed by atoms with Gasteiger partial charge in [0.1, 0.15) is 12.3 Å². The van der Waals surface area contributed by atoms with Gasteiger partial charge in [-0.3, -0.25) is 4.79 Å². The molecule has 0 fully saturated rings. The maximum absolute atomic E-state index is 13.7. The van der Waals surface area contributed by atoms with Crippen LogP contribution in [0, 0.1) is 0 Å². The molecule has 0 saturated carbocycles. The summed E-state index contributed by atoms with van der Waals surface area (Å²) >= 11 is 0. The van der Waals surface area contributed by atoms with Crippen molar-refractivity contribution >= 4 is 34.5 Å². The summed E-state index contributed by atoms with van der Waals surface area (Å²) in [6, 6.07) is 21.9. The van der Waals surface area contributed by atoms with E-state index in [1.807, 2.05) is 55.6 Å². The molecule has 0 aliphatic rings. The summed E-state index contributed by atoms with van der Waals surface area (Å²) in [4.78, 5) is 45.5. The summed E-state index contributed by atoms with van der Waals surface area (Å²) in [7, 11) is 1.62. The van der Waals surface area contributed by atoms with Crippen LogP contribution < -0.4 is 10.1 Å². The van der Waals surface area contributed by atoms with Crippen molar-refractivity contribution in [2.24, 2.45) is 0 Å². The van der Waals surface area contributed by atoms with Gasteiger partial charge in [-0.2, -0.15) is 0 Å². The maximum atomic E-state index is 13.7. The molecule has 0 radical (unpaired) electrons. The van der Waals surface area contributed by atoms with E-state index in [1.54, 1.807) is 43.2 Å². The average Bonchev–Trinajstić information content (AvgIpc) is 3.42. The third-order valence-electron chi connectivity index (χ3n) is 6.97. The van der Waals surface area contributed by atoms with Crippen LogP contribution in [0.1, 0.15) is 41.8 Å². The molecule has 220 valence electrons. The topological polar surface area (TPSA) is 104 Å². The Bertz CT molecular complexity index is 1480. The molecular formula is C33H38N4O5. The minimum atomic E-state index is -0.418. The van der Waals surface area contributed by atoms with E-state index in [0.717, 1.165) is 27.8 Å². The van der Waals surface area contributed by atoms with Gasteiger partial charge in [0.25, 0.3) is 0 Å². The zero-order chi connectivity index (χ0) is 29.9. The van der Waals surface area contributed by atoms with E-state index in [1.165, 1.54) is 4.90 Å². The quantitative estimate of drug-likeness (QED) is 0.196. The molecule has 0 aliphatic heterocycles. The fraction of sp³-hybridized carbons (Fsp3) is 0.303. The van der Waals surface area contributed by atoms with Crippen LogP contribution in [-0.2, 0) is 22.5 Å². The third-order valence-corrected chi connectivity index (χ3v) is 6.97. The lowest BCUT2D eigenvalue weighted by Crippen LogP contribution is -2.45. The van der Waals surface area contributed by atoms with Crippen molar-refractivity contribution in [2.75, 3.05) is 38.7 Å². The van der Waals surface area contributed by atoms with E-state index in [0.29, 0.717) is 43.7 Å². The number of nitrogens with zero attached hydrogens (tertiary/aromatic N) is 2. The van der Waals surface area contributed by atoms with Gasteiger partial charge in [-0.15, -0.1) is 0 Å². The summed E-state index contributed by atoms with van der Waals surface area (Å²) in [5.74, 6) is 0.182. The molecule has 0 bridgehead atoms. The lowest BCUT2D eigenvalue weighted by Gasteiger charge is -2.28. The molecule has 0 aliphatic carbocycles. The van der Waals surface area contributed by atoms with Gasteiger partial charge in [0.05, 0.1) is 19.3 Å². The SMILES string of the molecule is CCCN(CC(=O)N(CCc1c[nH]c2ccccc12)Cc1ccc(OC)cc1)C(=O)Nc1ccc(C(=O)OCC)cc1. The molecule has 9 nitrogen and oxygen atoms in total. The first kappa shape index (κ1) is 30.2. The molecule has 9 heteroatoms. The van der Waals surface area contributed by atoms with Crippen molar-refractivity contribution < 1.29 is 23.9 Å². The van der Waals surface area contributed by atoms with Gasteiger partial charge in [0.2, 0.25) is 5.91 Å². The number of hydrogen-bond acceptors (Lipinski definition) is 5. The number of rotatable bonds is 13. The van der Waals surface area contributed by atoms with Crippen LogP contribution in [0.5, 0.6) is 5.75 Å². The molecule has 0 spiro atoms. The molecule has 3 aromatic carbocycles. The monoisotopic (exact) mass is 570 g/mol. The lowest BCUT2D eigenvalue weighted by atomic mass is 10.1. The Labute approximate surface area is 246 Å². The second-order valence-electron chi connectivity index (χ2n) is 9.92. The van der Waals surface area contributed by atoms with Crippen molar-refractivity contribution in [3.8, 4) is 5.75 Å². The Morgan fingerprint density at radius 2 is 1.62 bits per heavy atom. The second-order valence-corrected chi connectivity index (χ2v) is 9.92. The summed E-state index contributed by atoms with van der Waals surface area (Å²) in [6.45, 7) is 5.24. The first-order valence-electron chi connectivity index (χ1n) is 14.2. The molecule has 3 amide bonds. The number of fused-ring (bicyclic) bond motifs is 1. The van der Waals surface area contributed by atoms with E-state index in [9.17, 15) is 14.4 Å². The molecule has 4 aromatic rings. The number of carbonyl (C=O) groups excluding carboxylic acids is 3. The first-order valence-corrected chi connectivity index (χ1v) is 14.2. The molecule has 0 unspecified atom stereocenters. The van der Waals surface area contributed by atoms with E-state index in [2.05, 4.69) is 16.4 Å². The van der Waals surface area contributed by atoms with Crippen molar-refractivity contribution in [2.45, 2.75) is 33.2 Å². The second kappa shape index (κ2) is 14.7. The van der Waals surface area contributed by atoms with Gasteiger partial charge in [0, 0.05) is 42.4 Å². The Kier molecular flexibility index (Phi) is 10.6. The number of benzene rings is 3. The van der Waals surface area contributed by atoms with E-state index in [-0.39, 0.29) is 25.1 Å². The number of amides is 3. The lowest BCUT2D eigenvalue weighted by molar-refractivity contribution is -0.132. The molecule has 42 heavy (non-hydrogen) atoms. The fourth-order valence-electron chi connectivity index (χ4n) is 4.73. The van der Waals surface area contributed by atoms with Crippen LogP contribution in [0.25, 0.3) is 10.9 Å². The zero-order valence-electron chi connectivity index (χ0n) is 24.4. The number of aromatic nitrogens is 1. The van der Waals surface area contributed by atoms with Crippen LogP contribution in [0.2, 0.25) is 0 Å². The van der Waals surface area contributed by atoms with Crippen LogP contribution in [0.15, 0.2) is 79.0 Å². The number of methoxy groups -OCH3 is 1. The van der Waals surface area contributed by atoms with Crippen molar-refractivity contribution in [3.63, 3.8) is 0 Å². The normalized spacial score (nSPS) is 10.7. The summed E-state index contributed by atoms with van der Waals surface area (Å²) in [5.41, 5.74) is 4.08. The van der Waals surface area contributed by atoms with Gasteiger partial charge in [0.15, 0.2) is 0 Å².